The third-order valence-electron chi connectivity index (χ3n) is 3.70. The van der Waals surface area contributed by atoms with Crippen LogP contribution < -0.4 is 5.69 Å². The van der Waals surface area contributed by atoms with E-state index in [0.717, 1.165) is 27.5 Å². The average molecular weight is 307 g/mol. The number of hydrogen-bond donors (Lipinski definition) is 0. The molecule has 0 aliphatic heterocycles. The second-order valence-electron chi connectivity index (χ2n) is 4.95. The quantitative estimate of drug-likeness (QED) is 0.741. The Kier molecular flexibility index (Phi) is 3.43. The normalized spacial score (nSPS) is 11.6. The molecule has 3 rings (SSSR count). The van der Waals surface area contributed by atoms with Crippen molar-refractivity contribution in [2.75, 3.05) is 13.7 Å². The summed E-state index contributed by atoms with van der Waals surface area (Å²) in [6.07, 6.45) is 0. The minimum absolute atomic E-state index is 0.0768. The molecule has 2 heterocycles. The molecule has 0 saturated heterocycles. The van der Waals surface area contributed by atoms with Crippen molar-refractivity contribution >= 4 is 33.4 Å². The molecule has 3 aromatic rings. The summed E-state index contributed by atoms with van der Waals surface area (Å²) in [5, 5.41) is 10.0. The number of aromatic nitrogens is 4. The summed E-state index contributed by atoms with van der Waals surface area (Å²) in [5.74, 6) is 0. The van der Waals surface area contributed by atoms with Gasteiger partial charge in [0.15, 0.2) is 5.15 Å². The van der Waals surface area contributed by atoms with Crippen LogP contribution in [0, 0.1) is 6.92 Å². The molecule has 0 radical (unpaired) electrons. The van der Waals surface area contributed by atoms with Gasteiger partial charge in [-0.1, -0.05) is 11.6 Å². The molecule has 7 heteroatoms. The molecular formula is C14H15ClN4O2. The lowest BCUT2D eigenvalue weighted by Gasteiger charge is -2.05. The second-order valence-corrected chi connectivity index (χ2v) is 5.31. The highest BCUT2D eigenvalue weighted by Gasteiger charge is 2.14. The molecule has 1 aromatic carbocycles. The lowest BCUT2D eigenvalue weighted by molar-refractivity contribution is 0.187. The fraction of sp³-hybridized carbons (Fsp3) is 0.357. The van der Waals surface area contributed by atoms with Crippen molar-refractivity contribution in [3.63, 3.8) is 0 Å². The van der Waals surface area contributed by atoms with E-state index in [0.29, 0.717) is 18.3 Å². The van der Waals surface area contributed by atoms with Crippen LogP contribution in [0.3, 0.4) is 0 Å². The van der Waals surface area contributed by atoms with E-state index in [4.69, 9.17) is 16.3 Å². The predicted octanol–water partition coefficient (Wildman–Crippen LogP) is 1.89. The fourth-order valence-electron chi connectivity index (χ4n) is 2.54. The van der Waals surface area contributed by atoms with Gasteiger partial charge in [-0.25, -0.2) is 4.79 Å². The van der Waals surface area contributed by atoms with E-state index in [2.05, 4.69) is 10.2 Å². The first-order valence-corrected chi connectivity index (χ1v) is 6.93. The number of nitrogens with zero attached hydrogens (tertiary/aromatic N) is 4. The Morgan fingerprint density at radius 3 is 2.67 bits per heavy atom. The lowest BCUT2D eigenvalue weighted by atomic mass is 10.1. The van der Waals surface area contributed by atoms with E-state index < -0.39 is 0 Å². The van der Waals surface area contributed by atoms with Gasteiger partial charge in [-0.05, 0) is 19.1 Å². The maximum absolute atomic E-state index is 12.3. The first kappa shape index (κ1) is 14.0. The van der Waals surface area contributed by atoms with Gasteiger partial charge in [0.2, 0.25) is 0 Å². The average Bonchev–Trinajstić information content (AvgIpc) is 2.71. The topological polar surface area (TPSA) is 61.9 Å². The minimum Gasteiger partial charge on any atom is -0.383 e. The number of ether oxygens (including phenoxy) is 1. The zero-order valence-electron chi connectivity index (χ0n) is 12.1. The van der Waals surface area contributed by atoms with E-state index in [1.54, 1.807) is 23.3 Å². The molecule has 0 unspecified atom stereocenters. The van der Waals surface area contributed by atoms with Crippen molar-refractivity contribution in [1.29, 1.82) is 0 Å². The number of methoxy groups -OCH3 is 1. The second kappa shape index (κ2) is 5.13. The fourth-order valence-corrected chi connectivity index (χ4v) is 2.74. The maximum Gasteiger partial charge on any atom is 0.328 e. The van der Waals surface area contributed by atoms with Gasteiger partial charge in [0.25, 0.3) is 0 Å². The highest BCUT2D eigenvalue weighted by atomic mass is 35.5. The van der Waals surface area contributed by atoms with Crippen LogP contribution >= 0.6 is 11.6 Å². The van der Waals surface area contributed by atoms with Crippen LogP contribution in [-0.4, -0.2) is 33.0 Å². The van der Waals surface area contributed by atoms with Gasteiger partial charge >= 0.3 is 5.69 Å². The van der Waals surface area contributed by atoms with Crippen LogP contribution in [0.25, 0.3) is 21.8 Å². The smallest absolute Gasteiger partial charge is 0.328 e. The van der Waals surface area contributed by atoms with Gasteiger partial charge in [-0.15, -0.1) is 5.10 Å². The molecule has 0 saturated carbocycles. The van der Waals surface area contributed by atoms with Gasteiger partial charge in [-0.2, -0.15) is 5.10 Å². The Morgan fingerprint density at radius 1 is 1.24 bits per heavy atom. The molecule has 2 aromatic heterocycles. The summed E-state index contributed by atoms with van der Waals surface area (Å²) < 4.78 is 8.38. The van der Waals surface area contributed by atoms with Crippen LogP contribution in [0.2, 0.25) is 5.15 Å². The molecule has 0 aliphatic rings. The summed E-state index contributed by atoms with van der Waals surface area (Å²) in [6, 6.07) is 3.83. The van der Waals surface area contributed by atoms with Crippen molar-refractivity contribution in [1.82, 2.24) is 19.3 Å². The zero-order chi connectivity index (χ0) is 15.1. The first-order valence-electron chi connectivity index (χ1n) is 6.55. The largest absolute Gasteiger partial charge is 0.383 e. The number of fused-ring (bicyclic) bond motifs is 2. The molecule has 110 valence electrons. The SMILES string of the molecule is COCCn1c(=O)n(C)c2cc3c(C)nnc(Cl)c3cc21. The van der Waals surface area contributed by atoms with Crippen molar-refractivity contribution in [2.45, 2.75) is 13.5 Å². The highest BCUT2D eigenvalue weighted by Crippen LogP contribution is 2.27. The van der Waals surface area contributed by atoms with Crippen LogP contribution in [-0.2, 0) is 18.3 Å². The monoisotopic (exact) mass is 306 g/mol. The van der Waals surface area contributed by atoms with Crippen LogP contribution in [0.15, 0.2) is 16.9 Å². The zero-order valence-corrected chi connectivity index (χ0v) is 12.8. The molecule has 0 N–H and O–H groups in total. The van der Waals surface area contributed by atoms with Gasteiger partial charge in [0.05, 0.1) is 29.9 Å². The van der Waals surface area contributed by atoms with Crippen molar-refractivity contribution in [3.8, 4) is 0 Å². The molecule has 21 heavy (non-hydrogen) atoms. The molecule has 0 fully saturated rings. The van der Waals surface area contributed by atoms with Gasteiger partial charge in [0.1, 0.15) is 0 Å². The standard InChI is InChI=1S/C14H15ClN4O2/c1-8-9-6-11-12(7-10(9)13(15)17-16-8)19(4-5-21-3)14(20)18(11)2/h6-7H,4-5H2,1-3H3. The summed E-state index contributed by atoms with van der Waals surface area (Å²) in [4.78, 5) is 12.3. The number of benzene rings is 1. The van der Waals surface area contributed by atoms with Gasteiger partial charge in [0, 0.05) is 24.9 Å². The third-order valence-corrected chi connectivity index (χ3v) is 3.98. The molecule has 0 aliphatic carbocycles. The van der Waals surface area contributed by atoms with E-state index >= 15 is 0 Å². The molecule has 0 bridgehead atoms. The Hall–Kier alpha value is -1.92. The Balaban J connectivity index is 2.41. The third kappa shape index (κ3) is 2.11. The number of hydrogen-bond acceptors (Lipinski definition) is 4. The van der Waals surface area contributed by atoms with Gasteiger partial charge < -0.3 is 4.74 Å². The van der Waals surface area contributed by atoms with Gasteiger partial charge in [-0.3, -0.25) is 9.13 Å². The van der Waals surface area contributed by atoms with Crippen LogP contribution in [0.1, 0.15) is 5.69 Å². The molecule has 0 amide bonds. The lowest BCUT2D eigenvalue weighted by Crippen LogP contribution is -2.23. The summed E-state index contributed by atoms with van der Waals surface area (Å²) in [5.41, 5.74) is 2.37. The summed E-state index contributed by atoms with van der Waals surface area (Å²) in [6.45, 7) is 2.84. The number of rotatable bonds is 3. The Bertz CT molecular complexity index is 897. The highest BCUT2D eigenvalue weighted by molar-refractivity contribution is 6.34. The van der Waals surface area contributed by atoms with Crippen molar-refractivity contribution < 1.29 is 4.74 Å². The Labute approximate surface area is 125 Å². The number of imidazole rings is 1. The number of aryl methyl sites for hydroxylation is 2. The molecule has 6 nitrogen and oxygen atoms in total. The maximum atomic E-state index is 12.3. The summed E-state index contributed by atoms with van der Waals surface area (Å²) >= 11 is 6.14. The molecule has 0 atom stereocenters. The van der Waals surface area contributed by atoms with E-state index in [-0.39, 0.29) is 5.69 Å². The predicted molar refractivity (Wildman–Crippen MR) is 81.9 cm³/mol. The summed E-state index contributed by atoms with van der Waals surface area (Å²) in [7, 11) is 3.37. The van der Waals surface area contributed by atoms with Crippen LogP contribution in [0.4, 0.5) is 0 Å². The molecule has 0 spiro atoms. The van der Waals surface area contributed by atoms with E-state index in [1.807, 2.05) is 19.1 Å². The van der Waals surface area contributed by atoms with E-state index in [9.17, 15) is 4.79 Å². The molecular weight excluding hydrogens is 292 g/mol. The van der Waals surface area contributed by atoms with Crippen molar-refractivity contribution in [2.24, 2.45) is 7.05 Å². The van der Waals surface area contributed by atoms with E-state index in [1.165, 1.54) is 0 Å². The van der Waals surface area contributed by atoms with Crippen molar-refractivity contribution in [3.05, 3.63) is 33.5 Å². The first-order chi connectivity index (χ1) is 10.0. The minimum atomic E-state index is -0.0768. The Morgan fingerprint density at radius 2 is 1.95 bits per heavy atom. The number of halogens is 1. The van der Waals surface area contributed by atoms with Crippen LogP contribution in [0.5, 0.6) is 0 Å².